The molecule has 1 fully saturated rings. The van der Waals surface area contributed by atoms with Crippen molar-refractivity contribution in [2.45, 2.75) is 46.2 Å². The number of fused-ring (bicyclic) bond motifs is 1. The van der Waals surface area contributed by atoms with E-state index in [-0.39, 0.29) is 17.8 Å². The largest absolute Gasteiger partial charge is 0.331 e. The molecule has 3 aromatic rings. The molecule has 8 nitrogen and oxygen atoms in total. The van der Waals surface area contributed by atoms with E-state index in [2.05, 4.69) is 26.2 Å². The Morgan fingerprint density at radius 1 is 1.24 bits per heavy atom. The number of amides is 1. The topological polar surface area (TPSA) is 81.2 Å². The highest BCUT2D eigenvalue weighted by atomic mass is 16.2. The van der Waals surface area contributed by atoms with E-state index in [1.54, 1.807) is 10.7 Å². The monoisotopic (exact) mass is 339 g/mol. The van der Waals surface area contributed by atoms with Gasteiger partial charge in [0.1, 0.15) is 0 Å². The van der Waals surface area contributed by atoms with Crippen LogP contribution in [-0.2, 0) is 6.54 Å². The Morgan fingerprint density at radius 3 is 2.80 bits per heavy atom. The van der Waals surface area contributed by atoms with E-state index in [0.29, 0.717) is 12.3 Å². The van der Waals surface area contributed by atoms with Gasteiger partial charge in [0, 0.05) is 24.1 Å². The quantitative estimate of drug-likeness (QED) is 0.723. The summed E-state index contributed by atoms with van der Waals surface area (Å²) in [7, 11) is 0. The number of nitrogens with zero attached hydrogens (tertiary/aromatic N) is 7. The molecule has 8 heteroatoms. The molecule has 3 aromatic heterocycles. The van der Waals surface area contributed by atoms with Crippen LogP contribution >= 0.6 is 0 Å². The Bertz CT molecular complexity index is 942. The summed E-state index contributed by atoms with van der Waals surface area (Å²) < 4.78 is 3.59. The second kappa shape index (κ2) is 5.94. The number of carbonyl (C=O) groups excluding carboxylic acids is 1. The third kappa shape index (κ3) is 2.77. The van der Waals surface area contributed by atoms with Gasteiger partial charge in [0.25, 0.3) is 11.7 Å². The average Bonchev–Trinajstić information content (AvgIpc) is 3.27. The first-order chi connectivity index (χ1) is 12.0. The Kier molecular flexibility index (Phi) is 3.74. The van der Waals surface area contributed by atoms with Gasteiger partial charge in [-0.2, -0.15) is 10.1 Å². The summed E-state index contributed by atoms with van der Waals surface area (Å²) in [6.45, 7) is 7.37. The molecule has 0 unspecified atom stereocenters. The van der Waals surface area contributed by atoms with E-state index in [4.69, 9.17) is 0 Å². The van der Waals surface area contributed by atoms with Crippen molar-refractivity contribution < 1.29 is 4.79 Å². The number of hydrogen-bond acceptors (Lipinski definition) is 5. The minimum Gasteiger partial charge on any atom is -0.331 e. The fraction of sp³-hybridized carbons (Fsp3) is 0.471. The summed E-state index contributed by atoms with van der Waals surface area (Å²) in [6, 6.07) is 4.02. The van der Waals surface area contributed by atoms with Crippen molar-refractivity contribution in [1.29, 1.82) is 0 Å². The molecule has 0 radical (unpaired) electrons. The average molecular weight is 339 g/mol. The Hall–Kier alpha value is -2.77. The van der Waals surface area contributed by atoms with Crippen LogP contribution in [0, 0.1) is 20.8 Å². The van der Waals surface area contributed by atoms with Crippen LogP contribution in [0.1, 0.15) is 40.5 Å². The Morgan fingerprint density at radius 2 is 2.08 bits per heavy atom. The molecule has 0 saturated carbocycles. The standard InChI is InChI=1S/C17H21N7O/c1-11-9-13(3)23(20-11)10-14-5-4-8-22(14)16(25)15-19-17-18-7-6-12(2)24(17)21-15/h6-7,9,14H,4-5,8,10H2,1-3H3/t14-/m0/s1. The van der Waals surface area contributed by atoms with Gasteiger partial charge < -0.3 is 4.90 Å². The number of hydrogen-bond donors (Lipinski definition) is 0. The predicted octanol–water partition coefficient (Wildman–Crippen LogP) is 1.55. The van der Waals surface area contributed by atoms with Crippen LogP contribution in [-0.4, -0.2) is 52.8 Å². The van der Waals surface area contributed by atoms with Gasteiger partial charge >= 0.3 is 0 Å². The molecule has 0 aromatic carbocycles. The highest BCUT2D eigenvalue weighted by Crippen LogP contribution is 2.21. The molecule has 25 heavy (non-hydrogen) atoms. The summed E-state index contributed by atoms with van der Waals surface area (Å²) in [4.78, 5) is 23.3. The number of rotatable bonds is 3. The van der Waals surface area contributed by atoms with E-state index < -0.39 is 0 Å². The lowest BCUT2D eigenvalue weighted by Crippen LogP contribution is -2.39. The van der Waals surface area contributed by atoms with Crippen LogP contribution in [0.4, 0.5) is 0 Å². The van der Waals surface area contributed by atoms with Gasteiger partial charge in [0.15, 0.2) is 0 Å². The SMILES string of the molecule is Cc1cc(C)n(C[C@@H]2CCCN2C(=O)c2nc3nccc(C)n3n2)n1. The molecule has 4 rings (SSSR count). The second-order valence-electron chi connectivity index (χ2n) is 6.64. The number of aromatic nitrogens is 6. The lowest BCUT2D eigenvalue weighted by molar-refractivity contribution is 0.0709. The van der Waals surface area contributed by atoms with Gasteiger partial charge in [-0.25, -0.2) is 9.50 Å². The minimum atomic E-state index is -0.131. The Labute approximate surface area is 145 Å². The van der Waals surface area contributed by atoms with Crippen LogP contribution in [0.15, 0.2) is 18.3 Å². The van der Waals surface area contributed by atoms with Gasteiger partial charge in [0.05, 0.1) is 18.3 Å². The van der Waals surface area contributed by atoms with E-state index in [0.717, 1.165) is 36.5 Å². The molecule has 130 valence electrons. The maximum atomic E-state index is 12.9. The van der Waals surface area contributed by atoms with Crippen LogP contribution in [0.25, 0.3) is 5.78 Å². The summed E-state index contributed by atoms with van der Waals surface area (Å²) >= 11 is 0. The summed E-state index contributed by atoms with van der Waals surface area (Å²) in [5.41, 5.74) is 3.01. The minimum absolute atomic E-state index is 0.117. The van der Waals surface area contributed by atoms with E-state index in [1.165, 1.54) is 0 Å². The lowest BCUT2D eigenvalue weighted by atomic mass is 10.2. The molecule has 0 bridgehead atoms. The molecule has 1 atom stereocenters. The van der Waals surface area contributed by atoms with Gasteiger partial charge in [0.2, 0.25) is 5.82 Å². The van der Waals surface area contributed by atoms with Crippen LogP contribution < -0.4 is 0 Å². The van der Waals surface area contributed by atoms with Crippen LogP contribution in [0.3, 0.4) is 0 Å². The molecular weight excluding hydrogens is 318 g/mol. The summed E-state index contributed by atoms with van der Waals surface area (Å²) in [6.07, 6.45) is 3.63. The fourth-order valence-corrected chi connectivity index (χ4v) is 3.48. The molecule has 0 N–H and O–H groups in total. The highest BCUT2D eigenvalue weighted by Gasteiger charge is 2.32. The van der Waals surface area contributed by atoms with Gasteiger partial charge in [-0.05, 0) is 45.7 Å². The van der Waals surface area contributed by atoms with E-state index in [9.17, 15) is 4.79 Å². The van der Waals surface area contributed by atoms with Crippen LogP contribution in [0.2, 0.25) is 0 Å². The maximum Gasteiger partial charge on any atom is 0.293 e. The van der Waals surface area contributed by atoms with E-state index >= 15 is 0 Å². The molecule has 1 saturated heterocycles. The molecule has 0 spiro atoms. The molecule has 1 amide bonds. The Balaban J connectivity index is 1.59. The van der Waals surface area contributed by atoms with Crippen molar-refractivity contribution in [3.8, 4) is 0 Å². The highest BCUT2D eigenvalue weighted by molar-refractivity contribution is 5.91. The first-order valence-electron chi connectivity index (χ1n) is 8.53. The first kappa shape index (κ1) is 15.7. The number of likely N-dealkylation sites (tertiary alicyclic amines) is 1. The summed E-state index contributed by atoms with van der Waals surface area (Å²) in [5, 5.41) is 8.87. The van der Waals surface area contributed by atoms with Crippen molar-refractivity contribution in [1.82, 2.24) is 34.3 Å². The maximum absolute atomic E-state index is 12.9. The normalized spacial score (nSPS) is 17.6. The third-order valence-corrected chi connectivity index (χ3v) is 4.75. The van der Waals surface area contributed by atoms with Crippen molar-refractivity contribution >= 4 is 11.7 Å². The first-order valence-corrected chi connectivity index (χ1v) is 8.53. The number of carbonyl (C=O) groups is 1. The second-order valence-corrected chi connectivity index (χ2v) is 6.64. The predicted molar refractivity (Wildman–Crippen MR) is 91.3 cm³/mol. The zero-order valence-electron chi connectivity index (χ0n) is 14.7. The van der Waals surface area contributed by atoms with E-state index in [1.807, 2.05) is 36.4 Å². The molecule has 1 aliphatic heterocycles. The molecule has 0 aliphatic carbocycles. The van der Waals surface area contributed by atoms with Gasteiger partial charge in [-0.3, -0.25) is 9.48 Å². The van der Waals surface area contributed by atoms with Gasteiger partial charge in [-0.15, -0.1) is 5.10 Å². The third-order valence-electron chi connectivity index (χ3n) is 4.75. The molecule has 1 aliphatic rings. The molecule has 4 heterocycles. The fourth-order valence-electron chi connectivity index (χ4n) is 3.48. The van der Waals surface area contributed by atoms with Gasteiger partial charge in [-0.1, -0.05) is 0 Å². The van der Waals surface area contributed by atoms with Crippen LogP contribution in [0.5, 0.6) is 0 Å². The van der Waals surface area contributed by atoms with Crippen molar-refractivity contribution in [3.63, 3.8) is 0 Å². The molecular formula is C17H21N7O. The zero-order valence-corrected chi connectivity index (χ0v) is 14.7. The van der Waals surface area contributed by atoms with Crippen molar-refractivity contribution in [2.75, 3.05) is 6.54 Å². The number of aryl methyl sites for hydroxylation is 3. The zero-order chi connectivity index (χ0) is 17.6. The van der Waals surface area contributed by atoms with Crippen molar-refractivity contribution in [3.05, 3.63) is 41.2 Å². The lowest BCUT2D eigenvalue weighted by Gasteiger charge is -2.23. The summed E-state index contributed by atoms with van der Waals surface area (Å²) in [5.74, 6) is 0.536. The van der Waals surface area contributed by atoms with Crippen molar-refractivity contribution in [2.24, 2.45) is 0 Å². The smallest absolute Gasteiger partial charge is 0.293 e.